The molecule has 1 aliphatic rings. The summed E-state index contributed by atoms with van der Waals surface area (Å²) in [6, 6.07) is 14.9. The number of amides is 1. The zero-order valence-corrected chi connectivity index (χ0v) is 17.5. The van der Waals surface area contributed by atoms with Gasteiger partial charge in [-0.3, -0.25) is 18.7 Å². The van der Waals surface area contributed by atoms with Crippen LogP contribution in [0, 0.1) is 0 Å². The lowest BCUT2D eigenvalue weighted by atomic mass is 10.0. The van der Waals surface area contributed by atoms with Gasteiger partial charge in [0.1, 0.15) is 6.54 Å². The summed E-state index contributed by atoms with van der Waals surface area (Å²) in [6.07, 6.45) is 3.33. The van der Waals surface area contributed by atoms with Crippen molar-refractivity contribution in [1.29, 1.82) is 0 Å². The summed E-state index contributed by atoms with van der Waals surface area (Å²) in [6.45, 7) is 0.609. The van der Waals surface area contributed by atoms with Gasteiger partial charge >= 0.3 is 5.69 Å². The van der Waals surface area contributed by atoms with Crippen molar-refractivity contribution in [3.05, 3.63) is 91.4 Å². The molecule has 5 rings (SSSR count). The van der Waals surface area contributed by atoms with Crippen LogP contribution in [-0.4, -0.2) is 26.6 Å². The number of anilines is 1. The van der Waals surface area contributed by atoms with Gasteiger partial charge in [-0.25, -0.2) is 9.78 Å². The average molecular weight is 433 g/mol. The van der Waals surface area contributed by atoms with E-state index in [-0.39, 0.29) is 24.5 Å². The number of fused-ring (bicyclic) bond motifs is 2. The monoisotopic (exact) mass is 432 g/mol. The van der Waals surface area contributed by atoms with E-state index in [4.69, 9.17) is 0 Å². The van der Waals surface area contributed by atoms with E-state index < -0.39 is 11.2 Å². The number of para-hydroxylation sites is 1. The molecule has 0 spiro atoms. The van der Waals surface area contributed by atoms with Crippen LogP contribution < -0.4 is 16.1 Å². The molecule has 7 nitrogen and oxygen atoms in total. The van der Waals surface area contributed by atoms with Crippen molar-refractivity contribution in [3.63, 3.8) is 0 Å². The molecule has 0 aliphatic carbocycles. The molecule has 1 aromatic carbocycles. The van der Waals surface area contributed by atoms with E-state index in [1.165, 1.54) is 26.7 Å². The first-order valence-corrected chi connectivity index (χ1v) is 11.0. The molecule has 3 aromatic heterocycles. The highest BCUT2D eigenvalue weighted by molar-refractivity contribution is 7.09. The van der Waals surface area contributed by atoms with Crippen molar-refractivity contribution >= 4 is 34.0 Å². The Morgan fingerprint density at radius 1 is 1.03 bits per heavy atom. The maximum absolute atomic E-state index is 13.3. The summed E-state index contributed by atoms with van der Waals surface area (Å²) in [7, 11) is 0. The van der Waals surface area contributed by atoms with E-state index in [1.807, 2.05) is 41.8 Å². The zero-order chi connectivity index (χ0) is 21.4. The second kappa shape index (κ2) is 7.96. The van der Waals surface area contributed by atoms with Gasteiger partial charge in [0.25, 0.3) is 5.56 Å². The Balaban J connectivity index is 1.59. The van der Waals surface area contributed by atoms with E-state index in [2.05, 4.69) is 4.98 Å². The largest absolute Gasteiger partial charge is 0.332 e. The standard InChI is InChI=1S/C23H20N4O3S/c28-20(25-12-4-7-16-6-1-2-9-18(16)25)15-26-19-10-3-11-24-21(19)22(29)27(23(26)30)14-17-8-5-13-31-17/h1-3,5-6,8-11,13H,4,7,12,14-15H2. The zero-order valence-electron chi connectivity index (χ0n) is 16.7. The van der Waals surface area contributed by atoms with E-state index in [1.54, 1.807) is 17.0 Å². The van der Waals surface area contributed by atoms with Gasteiger partial charge in [0.2, 0.25) is 5.91 Å². The number of aryl methyl sites for hydroxylation is 1. The third-order valence-corrected chi connectivity index (χ3v) is 6.45. The van der Waals surface area contributed by atoms with Crippen molar-refractivity contribution < 1.29 is 4.79 Å². The van der Waals surface area contributed by atoms with Crippen molar-refractivity contribution in [1.82, 2.24) is 14.1 Å². The van der Waals surface area contributed by atoms with Gasteiger partial charge in [0.05, 0.1) is 12.1 Å². The molecule has 0 atom stereocenters. The second-order valence-corrected chi connectivity index (χ2v) is 8.52. The van der Waals surface area contributed by atoms with Gasteiger partial charge in [-0.2, -0.15) is 0 Å². The van der Waals surface area contributed by atoms with Crippen LogP contribution in [0.1, 0.15) is 16.9 Å². The molecule has 0 saturated carbocycles. The van der Waals surface area contributed by atoms with Gasteiger partial charge in [-0.15, -0.1) is 11.3 Å². The Kier molecular flexibility index (Phi) is 4.99. The number of aromatic nitrogens is 3. The summed E-state index contributed by atoms with van der Waals surface area (Å²) in [4.78, 5) is 46.4. The van der Waals surface area contributed by atoms with E-state index in [0.717, 1.165) is 29.0 Å². The fraction of sp³-hybridized carbons (Fsp3) is 0.217. The SMILES string of the molecule is O=C(Cn1c(=O)n(Cc2cccs2)c(=O)c2ncccc21)N1CCCc2ccccc21. The number of carbonyl (C=O) groups excluding carboxylic acids is 1. The smallest absolute Gasteiger partial charge is 0.311 e. The lowest BCUT2D eigenvalue weighted by molar-refractivity contribution is -0.119. The number of nitrogens with zero attached hydrogens (tertiary/aromatic N) is 4. The quantitative estimate of drug-likeness (QED) is 0.497. The molecule has 0 saturated heterocycles. The number of hydrogen-bond acceptors (Lipinski definition) is 5. The lowest BCUT2D eigenvalue weighted by Gasteiger charge is -2.29. The van der Waals surface area contributed by atoms with Crippen LogP contribution in [0.3, 0.4) is 0 Å². The number of pyridine rings is 1. The van der Waals surface area contributed by atoms with Crippen molar-refractivity contribution in [2.24, 2.45) is 0 Å². The van der Waals surface area contributed by atoms with Gasteiger partial charge in [-0.05, 0) is 48.1 Å². The topological polar surface area (TPSA) is 77.2 Å². The molecule has 0 bridgehead atoms. The van der Waals surface area contributed by atoms with Crippen molar-refractivity contribution in [3.8, 4) is 0 Å². The molecule has 31 heavy (non-hydrogen) atoms. The number of rotatable bonds is 4. The molecule has 4 aromatic rings. The Morgan fingerprint density at radius 2 is 1.90 bits per heavy atom. The Hall–Kier alpha value is -3.52. The van der Waals surface area contributed by atoms with Crippen LogP contribution in [0.4, 0.5) is 5.69 Å². The van der Waals surface area contributed by atoms with Crippen LogP contribution in [0.25, 0.3) is 11.0 Å². The summed E-state index contributed by atoms with van der Waals surface area (Å²) < 4.78 is 2.54. The van der Waals surface area contributed by atoms with Crippen LogP contribution in [0.15, 0.2) is 69.7 Å². The van der Waals surface area contributed by atoms with Gasteiger partial charge in [0.15, 0.2) is 5.52 Å². The fourth-order valence-electron chi connectivity index (χ4n) is 4.11. The predicted molar refractivity (Wildman–Crippen MR) is 121 cm³/mol. The van der Waals surface area contributed by atoms with Gasteiger partial charge in [-0.1, -0.05) is 24.3 Å². The van der Waals surface area contributed by atoms with Gasteiger partial charge < -0.3 is 4.90 Å². The maximum atomic E-state index is 13.3. The number of carbonyl (C=O) groups is 1. The molecule has 4 heterocycles. The summed E-state index contributed by atoms with van der Waals surface area (Å²) >= 11 is 1.47. The maximum Gasteiger partial charge on any atom is 0.332 e. The molecule has 156 valence electrons. The molecular formula is C23H20N4O3S. The van der Waals surface area contributed by atoms with Crippen LogP contribution in [0.5, 0.6) is 0 Å². The van der Waals surface area contributed by atoms with Crippen LogP contribution in [0.2, 0.25) is 0 Å². The normalized spacial score (nSPS) is 13.4. The Morgan fingerprint density at radius 3 is 2.74 bits per heavy atom. The van der Waals surface area contributed by atoms with E-state index in [0.29, 0.717) is 12.1 Å². The highest BCUT2D eigenvalue weighted by Crippen LogP contribution is 2.27. The molecule has 1 aliphatic heterocycles. The summed E-state index contributed by atoms with van der Waals surface area (Å²) in [5.41, 5.74) is 1.63. The lowest BCUT2D eigenvalue weighted by Crippen LogP contribution is -2.44. The van der Waals surface area contributed by atoms with Crippen LogP contribution in [-0.2, 0) is 24.3 Å². The Labute approximate surface area is 181 Å². The minimum absolute atomic E-state index is 0.153. The Bertz CT molecular complexity index is 1390. The summed E-state index contributed by atoms with van der Waals surface area (Å²) in [5, 5.41) is 1.90. The van der Waals surface area contributed by atoms with E-state index in [9.17, 15) is 14.4 Å². The minimum atomic E-state index is -0.502. The van der Waals surface area contributed by atoms with Crippen molar-refractivity contribution in [2.75, 3.05) is 11.4 Å². The second-order valence-electron chi connectivity index (χ2n) is 7.49. The molecule has 8 heteroatoms. The van der Waals surface area contributed by atoms with E-state index >= 15 is 0 Å². The molecule has 1 amide bonds. The highest BCUT2D eigenvalue weighted by atomic mass is 32.1. The first-order chi connectivity index (χ1) is 15.1. The molecule has 0 fully saturated rings. The first-order valence-electron chi connectivity index (χ1n) is 10.1. The molecular weight excluding hydrogens is 412 g/mol. The van der Waals surface area contributed by atoms with Crippen LogP contribution >= 0.6 is 11.3 Å². The minimum Gasteiger partial charge on any atom is -0.311 e. The number of benzene rings is 1. The molecule has 0 radical (unpaired) electrons. The molecule has 0 N–H and O–H groups in total. The first kappa shape index (κ1) is 19.4. The highest BCUT2D eigenvalue weighted by Gasteiger charge is 2.24. The molecule has 0 unspecified atom stereocenters. The predicted octanol–water partition coefficient (Wildman–Crippen LogP) is 2.65. The number of thiophene rings is 1. The summed E-state index contributed by atoms with van der Waals surface area (Å²) in [5.74, 6) is -0.180. The van der Waals surface area contributed by atoms with Gasteiger partial charge in [0, 0.05) is 23.3 Å². The average Bonchev–Trinajstić information content (AvgIpc) is 3.32. The van der Waals surface area contributed by atoms with Crippen molar-refractivity contribution in [2.45, 2.75) is 25.9 Å². The fourth-order valence-corrected chi connectivity index (χ4v) is 4.80. The third-order valence-electron chi connectivity index (χ3n) is 5.59. The third kappa shape index (κ3) is 3.48. The number of hydrogen-bond donors (Lipinski definition) is 0.